The van der Waals surface area contributed by atoms with E-state index < -0.39 is 17.7 Å². The number of benzene rings is 1. The summed E-state index contributed by atoms with van der Waals surface area (Å²) in [4.78, 5) is 0. The van der Waals surface area contributed by atoms with E-state index in [1.54, 1.807) is 0 Å². The van der Waals surface area contributed by atoms with Gasteiger partial charge in [-0.2, -0.15) is 0 Å². The first-order valence-corrected chi connectivity index (χ1v) is 5.52. The van der Waals surface area contributed by atoms with Crippen LogP contribution in [0.25, 0.3) is 0 Å². The molecule has 0 aromatic heterocycles. The van der Waals surface area contributed by atoms with E-state index >= 15 is 0 Å². The molecule has 0 bridgehead atoms. The predicted molar refractivity (Wildman–Crippen MR) is 57.1 cm³/mol. The van der Waals surface area contributed by atoms with E-state index in [4.69, 9.17) is 0 Å². The average Bonchev–Trinajstić information content (AvgIpc) is 2.77. The molecule has 1 aliphatic heterocycles. The van der Waals surface area contributed by atoms with Crippen molar-refractivity contribution in [1.82, 2.24) is 5.32 Å². The van der Waals surface area contributed by atoms with Gasteiger partial charge in [0, 0.05) is 6.04 Å². The van der Waals surface area contributed by atoms with E-state index in [9.17, 15) is 13.9 Å². The minimum atomic E-state index is -0.857. The van der Waals surface area contributed by atoms with Crippen molar-refractivity contribution in [3.05, 3.63) is 35.4 Å². The Bertz CT molecular complexity index is 364. The summed E-state index contributed by atoms with van der Waals surface area (Å²) >= 11 is 0. The number of halogens is 2. The Kier molecular flexibility index (Phi) is 3.51. The maximum atomic E-state index is 12.9. The van der Waals surface area contributed by atoms with Gasteiger partial charge in [-0.1, -0.05) is 6.07 Å². The van der Waals surface area contributed by atoms with Crippen LogP contribution in [0.1, 0.15) is 18.4 Å². The van der Waals surface area contributed by atoms with Crippen LogP contribution in [-0.4, -0.2) is 23.8 Å². The van der Waals surface area contributed by atoms with Crippen LogP contribution in [0.15, 0.2) is 18.2 Å². The molecule has 1 saturated heterocycles. The third-order valence-corrected chi connectivity index (χ3v) is 2.99. The first-order chi connectivity index (χ1) is 7.66. The van der Waals surface area contributed by atoms with Gasteiger partial charge in [-0.3, -0.25) is 0 Å². The van der Waals surface area contributed by atoms with Crippen LogP contribution in [0.4, 0.5) is 8.78 Å². The van der Waals surface area contributed by atoms with Crippen LogP contribution < -0.4 is 5.32 Å². The summed E-state index contributed by atoms with van der Waals surface area (Å²) in [5, 5.41) is 13.1. The molecule has 88 valence electrons. The van der Waals surface area contributed by atoms with Crippen molar-refractivity contribution < 1.29 is 13.9 Å². The zero-order chi connectivity index (χ0) is 11.5. The second-order valence-electron chi connectivity index (χ2n) is 4.22. The normalized spacial score (nSPS) is 22.3. The highest BCUT2D eigenvalue weighted by atomic mass is 19.2. The van der Waals surface area contributed by atoms with Crippen LogP contribution in [-0.2, 0) is 6.42 Å². The fraction of sp³-hybridized carbons (Fsp3) is 0.500. The summed E-state index contributed by atoms with van der Waals surface area (Å²) in [7, 11) is 0. The second-order valence-corrected chi connectivity index (χ2v) is 4.22. The summed E-state index contributed by atoms with van der Waals surface area (Å²) in [5.41, 5.74) is 0.625. The highest BCUT2D eigenvalue weighted by Crippen LogP contribution is 2.15. The summed E-state index contributed by atoms with van der Waals surface area (Å²) in [5.74, 6) is -1.71. The molecule has 0 aliphatic carbocycles. The van der Waals surface area contributed by atoms with Crippen LogP contribution in [0, 0.1) is 11.6 Å². The molecular weight excluding hydrogens is 212 g/mol. The fourth-order valence-corrected chi connectivity index (χ4v) is 2.09. The molecule has 2 nitrogen and oxygen atoms in total. The fourth-order valence-electron chi connectivity index (χ4n) is 2.09. The largest absolute Gasteiger partial charge is 0.391 e. The lowest BCUT2D eigenvalue weighted by Crippen LogP contribution is -2.36. The number of hydrogen-bond donors (Lipinski definition) is 2. The van der Waals surface area contributed by atoms with E-state index in [1.165, 1.54) is 6.07 Å². The quantitative estimate of drug-likeness (QED) is 0.822. The summed E-state index contributed by atoms with van der Waals surface area (Å²) in [6, 6.07) is 3.83. The van der Waals surface area contributed by atoms with E-state index in [0.717, 1.165) is 31.5 Å². The Morgan fingerprint density at radius 2 is 2.19 bits per heavy atom. The van der Waals surface area contributed by atoms with Crippen LogP contribution in [0.3, 0.4) is 0 Å². The molecule has 1 aromatic rings. The lowest BCUT2D eigenvalue weighted by atomic mass is 10.0. The van der Waals surface area contributed by atoms with Crippen molar-refractivity contribution in [3.8, 4) is 0 Å². The number of aliphatic hydroxyl groups is 1. The van der Waals surface area contributed by atoms with Crippen LogP contribution in [0.2, 0.25) is 0 Å². The summed E-state index contributed by atoms with van der Waals surface area (Å²) in [6.45, 7) is 0.916. The molecule has 1 heterocycles. The molecule has 16 heavy (non-hydrogen) atoms. The Labute approximate surface area is 93.3 Å². The molecule has 1 aromatic carbocycles. The Morgan fingerprint density at radius 1 is 1.38 bits per heavy atom. The molecule has 1 fully saturated rings. The van der Waals surface area contributed by atoms with E-state index in [1.807, 2.05) is 0 Å². The van der Waals surface area contributed by atoms with Crippen molar-refractivity contribution in [2.45, 2.75) is 31.4 Å². The van der Waals surface area contributed by atoms with Crippen molar-refractivity contribution >= 4 is 0 Å². The SMILES string of the molecule is OC(Cc1ccc(F)c(F)c1)C1CCCN1. The zero-order valence-corrected chi connectivity index (χ0v) is 8.92. The monoisotopic (exact) mass is 227 g/mol. The topological polar surface area (TPSA) is 32.3 Å². The first-order valence-electron chi connectivity index (χ1n) is 5.52. The minimum Gasteiger partial charge on any atom is -0.391 e. The van der Waals surface area contributed by atoms with Gasteiger partial charge in [0.2, 0.25) is 0 Å². The average molecular weight is 227 g/mol. The van der Waals surface area contributed by atoms with Crippen molar-refractivity contribution in [3.63, 3.8) is 0 Å². The first kappa shape index (κ1) is 11.5. The van der Waals surface area contributed by atoms with E-state index in [2.05, 4.69) is 5.32 Å². The van der Waals surface area contributed by atoms with E-state index in [0.29, 0.717) is 12.0 Å². The Balaban J connectivity index is 1.99. The van der Waals surface area contributed by atoms with Crippen molar-refractivity contribution in [2.75, 3.05) is 6.54 Å². The molecule has 2 atom stereocenters. The zero-order valence-electron chi connectivity index (χ0n) is 8.92. The highest BCUT2D eigenvalue weighted by molar-refractivity contribution is 5.19. The molecule has 2 N–H and O–H groups in total. The molecule has 4 heteroatoms. The summed E-state index contributed by atoms with van der Waals surface area (Å²) in [6.07, 6.45) is 1.81. The van der Waals surface area contributed by atoms with Gasteiger partial charge in [-0.15, -0.1) is 0 Å². The van der Waals surface area contributed by atoms with E-state index in [-0.39, 0.29) is 6.04 Å². The molecule has 2 rings (SSSR count). The van der Waals surface area contributed by atoms with Gasteiger partial charge < -0.3 is 10.4 Å². The van der Waals surface area contributed by atoms with Gasteiger partial charge in [0.25, 0.3) is 0 Å². The van der Waals surface area contributed by atoms with Crippen LogP contribution in [0.5, 0.6) is 0 Å². The third kappa shape index (κ3) is 2.57. The third-order valence-electron chi connectivity index (χ3n) is 2.99. The number of aliphatic hydroxyl groups excluding tert-OH is 1. The van der Waals surface area contributed by atoms with Gasteiger partial charge in [0.05, 0.1) is 6.10 Å². The second kappa shape index (κ2) is 4.89. The molecule has 0 amide bonds. The molecule has 2 unspecified atom stereocenters. The lowest BCUT2D eigenvalue weighted by Gasteiger charge is -2.18. The van der Waals surface area contributed by atoms with Gasteiger partial charge in [0.1, 0.15) is 0 Å². The Morgan fingerprint density at radius 3 is 2.81 bits per heavy atom. The predicted octanol–water partition coefficient (Wildman–Crippen LogP) is 1.62. The smallest absolute Gasteiger partial charge is 0.159 e. The Hall–Kier alpha value is -1.00. The molecule has 0 spiro atoms. The van der Waals surface area contributed by atoms with Crippen molar-refractivity contribution in [2.24, 2.45) is 0 Å². The lowest BCUT2D eigenvalue weighted by molar-refractivity contribution is 0.136. The maximum absolute atomic E-state index is 12.9. The van der Waals surface area contributed by atoms with Gasteiger partial charge in [-0.05, 0) is 43.5 Å². The highest BCUT2D eigenvalue weighted by Gasteiger charge is 2.22. The molecule has 0 radical (unpaired) electrons. The van der Waals surface area contributed by atoms with Crippen molar-refractivity contribution in [1.29, 1.82) is 0 Å². The maximum Gasteiger partial charge on any atom is 0.159 e. The van der Waals surface area contributed by atoms with Gasteiger partial charge in [0.15, 0.2) is 11.6 Å². The summed E-state index contributed by atoms with van der Waals surface area (Å²) < 4.78 is 25.6. The molecular formula is C12H15F2NO. The standard InChI is InChI=1S/C12H15F2NO/c13-9-4-3-8(6-10(9)14)7-12(16)11-2-1-5-15-11/h3-4,6,11-12,15-16H,1-2,5,7H2. The number of hydrogen-bond acceptors (Lipinski definition) is 2. The van der Waals surface area contributed by atoms with Crippen LogP contribution >= 0.6 is 0 Å². The number of nitrogens with one attached hydrogen (secondary N) is 1. The minimum absolute atomic E-state index is 0.0770. The number of rotatable bonds is 3. The van der Waals surface area contributed by atoms with Gasteiger partial charge >= 0.3 is 0 Å². The molecule has 0 saturated carbocycles. The molecule has 1 aliphatic rings. The van der Waals surface area contributed by atoms with Gasteiger partial charge in [-0.25, -0.2) is 8.78 Å².